The standard InChI is InChI=1S/C23H33N3O3/c1-17(2)9-12-26-18(3)13-20(19(26)4)14-21(15-24)23(28)29-16-22(27)25-10-7-5-6-8-11-25/h13-14,17H,5-12,16H2,1-4H3/b21-14+. The molecule has 6 heteroatoms. The molecule has 1 amide bonds. The summed E-state index contributed by atoms with van der Waals surface area (Å²) in [4.78, 5) is 26.4. The zero-order valence-corrected chi connectivity index (χ0v) is 18.2. The van der Waals surface area contributed by atoms with Gasteiger partial charge in [0.1, 0.15) is 11.6 Å². The molecule has 2 heterocycles. The van der Waals surface area contributed by atoms with Crippen LogP contribution in [-0.4, -0.2) is 41.0 Å². The zero-order chi connectivity index (χ0) is 21.4. The Morgan fingerprint density at radius 2 is 1.86 bits per heavy atom. The molecule has 0 radical (unpaired) electrons. The van der Waals surface area contributed by atoms with Gasteiger partial charge in [-0.05, 0) is 56.7 Å². The highest BCUT2D eigenvalue weighted by Crippen LogP contribution is 2.20. The van der Waals surface area contributed by atoms with Crippen molar-refractivity contribution in [2.75, 3.05) is 19.7 Å². The highest BCUT2D eigenvalue weighted by Gasteiger charge is 2.19. The summed E-state index contributed by atoms with van der Waals surface area (Å²) in [5.74, 6) is -0.339. The lowest BCUT2D eigenvalue weighted by atomic mass is 10.1. The molecular weight excluding hydrogens is 366 g/mol. The molecule has 0 aromatic carbocycles. The van der Waals surface area contributed by atoms with Crippen molar-refractivity contribution in [3.05, 3.63) is 28.6 Å². The molecule has 0 unspecified atom stereocenters. The van der Waals surface area contributed by atoms with Gasteiger partial charge in [-0.2, -0.15) is 5.26 Å². The van der Waals surface area contributed by atoms with E-state index in [1.807, 2.05) is 26.0 Å². The van der Waals surface area contributed by atoms with Crippen molar-refractivity contribution < 1.29 is 14.3 Å². The number of nitriles is 1. The Bertz CT molecular complexity index is 791. The summed E-state index contributed by atoms with van der Waals surface area (Å²) < 4.78 is 7.35. The number of hydrogen-bond acceptors (Lipinski definition) is 4. The number of carbonyl (C=O) groups excluding carboxylic acids is 2. The second-order valence-electron chi connectivity index (χ2n) is 8.20. The van der Waals surface area contributed by atoms with Gasteiger partial charge in [-0.25, -0.2) is 4.79 Å². The molecule has 1 aliphatic heterocycles. The van der Waals surface area contributed by atoms with Crippen LogP contribution in [0.2, 0.25) is 0 Å². The predicted molar refractivity (Wildman–Crippen MR) is 113 cm³/mol. The predicted octanol–water partition coefficient (Wildman–Crippen LogP) is 4.00. The van der Waals surface area contributed by atoms with Gasteiger partial charge in [-0.3, -0.25) is 4.79 Å². The summed E-state index contributed by atoms with van der Waals surface area (Å²) in [5, 5.41) is 9.43. The number of nitrogens with zero attached hydrogens (tertiary/aromatic N) is 3. The molecule has 1 aliphatic rings. The second-order valence-corrected chi connectivity index (χ2v) is 8.20. The van der Waals surface area contributed by atoms with Crippen molar-refractivity contribution in [1.29, 1.82) is 5.26 Å². The zero-order valence-electron chi connectivity index (χ0n) is 18.2. The number of aromatic nitrogens is 1. The largest absolute Gasteiger partial charge is 0.451 e. The number of carbonyl (C=O) groups is 2. The van der Waals surface area contributed by atoms with E-state index in [4.69, 9.17) is 4.74 Å². The van der Waals surface area contributed by atoms with E-state index in [2.05, 4.69) is 18.4 Å². The molecule has 0 aliphatic carbocycles. The van der Waals surface area contributed by atoms with Gasteiger partial charge in [-0.15, -0.1) is 0 Å². The fraction of sp³-hybridized carbons (Fsp3) is 0.609. The minimum absolute atomic E-state index is 0.0854. The molecule has 0 bridgehead atoms. The Morgan fingerprint density at radius 3 is 2.45 bits per heavy atom. The molecular formula is C23H33N3O3. The first kappa shape index (κ1) is 22.7. The number of ether oxygens (including phenoxy) is 1. The maximum Gasteiger partial charge on any atom is 0.349 e. The van der Waals surface area contributed by atoms with Gasteiger partial charge in [-0.1, -0.05) is 26.7 Å². The van der Waals surface area contributed by atoms with Crippen LogP contribution < -0.4 is 0 Å². The Morgan fingerprint density at radius 1 is 1.21 bits per heavy atom. The molecule has 1 saturated heterocycles. The summed E-state index contributed by atoms with van der Waals surface area (Å²) >= 11 is 0. The van der Waals surface area contributed by atoms with E-state index in [-0.39, 0.29) is 18.1 Å². The molecule has 1 aromatic rings. The van der Waals surface area contributed by atoms with Gasteiger partial charge in [0, 0.05) is 31.0 Å². The van der Waals surface area contributed by atoms with Crippen molar-refractivity contribution in [3.8, 4) is 6.07 Å². The van der Waals surface area contributed by atoms with Crippen LogP contribution in [0, 0.1) is 31.1 Å². The van der Waals surface area contributed by atoms with Crippen LogP contribution in [-0.2, 0) is 20.9 Å². The fourth-order valence-electron chi connectivity index (χ4n) is 3.61. The van der Waals surface area contributed by atoms with E-state index in [0.717, 1.165) is 55.6 Å². The van der Waals surface area contributed by atoms with E-state index in [9.17, 15) is 14.9 Å². The smallest absolute Gasteiger partial charge is 0.349 e. The highest BCUT2D eigenvalue weighted by atomic mass is 16.5. The van der Waals surface area contributed by atoms with E-state index >= 15 is 0 Å². The minimum atomic E-state index is -0.748. The van der Waals surface area contributed by atoms with Crippen LogP contribution in [0.3, 0.4) is 0 Å². The minimum Gasteiger partial charge on any atom is -0.451 e. The maximum atomic E-state index is 12.4. The molecule has 6 nitrogen and oxygen atoms in total. The second kappa shape index (κ2) is 10.8. The highest BCUT2D eigenvalue weighted by molar-refractivity contribution is 5.99. The number of hydrogen-bond donors (Lipinski definition) is 0. The molecule has 1 aromatic heterocycles. The Balaban J connectivity index is 2.03. The topological polar surface area (TPSA) is 75.3 Å². The summed E-state index contributed by atoms with van der Waals surface area (Å²) in [6.07, 6.45) is 6.84. The van der Waals surface area contributed by atoms with E-state index < -0.39 is 5.97 Å². The number of esters is 1. The molecule has 0 spiro atoms. The van der Waals surface area contributed by atoms with Crippen LogP contribution in [0.5, 0.6) is 0 Å². The van der Waals surface area contributed by atoms with Gasteiger partial charge < -0.3 is 14.2 Å². The summed E-state index contributed by atoms with van der Waals surface area (Å²) in [5.41, 5.74) is 2.86. The van der Waals surface area contributed by atoms with Crippen LogP contribution in [0.1, 0.15) is 62.9 Å². The Kier molecular flexibility index (Phi) is 8.50. The van der Waals surface area contributed by atoms with Gasteiger partial charge in [0.2, 0.25) is 0 Å². The van der Waals surface area contributed by atoms with Gasteiger partial charge in [0.15, 0.2) is 6.61 Å². The number of aryl methyl sites for hydroxylation is 1. The average Bonchev–Trinajstić information content (AvgIpc) is 2.87. The third-order valence-corrected chi connectivity index (χ3v) is 5.47. The monoisotopic (exact) mass is 399 g/mol. The van der Waals surface area contributed by atoms with Gasteiger partial charge in [0.25, 0.3) is 5.91 Å². The Hall–Kier alpha value is -2.55. The SMILES string of the molecule is Cc1cc(/C=C(\C#N)C(=O)OCC(=O)N2CCCCCC2)c(C)n1CCC(C)C. The van der Waals surface area contributed by atoms with Crippen molar-refractivity contribution in [3.63, 3.8) is 0 Å². The molecule has 1 fully saturated rings. The van der Waals surface area contributed by atoms with Crippen molar-refractivity contribution in [2.24, 2.45) is 5.92 Å². The maximum absolute atomic E-state index is 12.4. The van der Waals surface area contributed by atoms with Crippen molar-refractivity contribution in [2.45, 2.75) is 66.3 Å². The van der Waals surface area contributed by atoms with Crippen LogP contribution >= 0.6 is 0 Å². The lowest BCUT2D eigenvalue weighted by Crippen LogP contribution is -2.35. The quantitative estimate of drug-likeness (QED) is 0.394. The van der Waals surface area contributed by atoms with Crippen LogP contribution in [0.15, 0.2) is 11.6 Å². The third-order valence-electron chi connectivity index (χ3n) is 5.47. The van der Waals surface area contributed by atoms with E-state index in [0.29, 0.717) is 19.0 Å². The van der Waals surface area contributed by atoms with E-state index in [1.54, 1.807) is 11.0 Å². The Labute approximate surface area is 174 Å². The van der Waals surface area contributed by atoms with Crippen LogP contribution in [0.4, 0.5) is 0 Å². The molecule has 0 N–H and O–H groups in total. The molecule has 158 valence electrons. The van der Waals surface area contributed by atoms with Gasteiger partial charge in [0.05, 0.1) is 0 Å². The lowest BCUT2D eigenvalue weighted by molar-refractivity contribution is -0.148. The van der Waals surface area contributed by atoms with Crippen LogP contribution in [0.25, 0.3) is 6.08 Å². The first-order valence-electron chi connectivity index (χ1n) is 10.6. The summed E-state index contributed by atoms with van der Waals surface area (Å²) in [6, 6.07) is 3.90. The number of likely N-dealkylation sites (tertiary alicyclic amines) is 1. The fourth-order valence-corrected chi connectivity index (χ4v) is 3.61. The van der Waals surface area contributed by atoms with Crippen molar-refractivity contribution >= 4 is 18.0 Å². The van der Waals surface area contributed by atoms with Gasteiger partial charge >= 0.3 is 5.97 Å². The van der Waals surface area contributed by atoms with E-state index in [1.165, 1.54) is 0 Å². The first-order valence-corrected chi connectivity index (χ1v) is 10.6. The third kappa shape index (κ3) is 6.49. The first-order chi connectivity index (χ1) is 13.8. The average molecular weight is 400 g/mol. The molecule has 2 rings (SSSR count). The summed E-state index contributed by atoms with van der Waals surface area (Å²) in [7, 11) is 0. The molecule has 29 heavy (non-hydrogen) atoms. The summed E-state index contributed by atoms with van der Waals surface area (Å²) in [6.45, 7) is 10.4. The number of rotatable bonds is 7. The molecule has 0 atom stereocenters. The number of amides is 1. The van der Waals surface area contributed by atoms with Crippen molar-refractivity contribution in [1.82, 2.24) is 9.47 Å². The lowest BCUT2D eigenvalue weighted by Gasteiger charge is -2.19. The normalized spacial score (nSPS) is 15.2. The molecule has 0 saturated carbocycles.